The van der Waals surface area contributed by atoms with Gasteiger partial charge in [0.25, 0.3) is 5.91 Å². The van der Waals surface area contributed by atoms with Gasteiger partial charge in [0.2, 0.25) is 5.91 Å². The molecule has 0 spiro atoms. The first-order valence-electron chi connectivity index (χ1n) is 9.85. The van der Waals surface area contributed by atoms with E-state index in [1.54, 1.807) is 0 Å². The minimum atomic E-state index is 0.0213. The van der Waals surface area contributed by atoms with Gasteiger partial charge in [0.05, 0.1) is 6.61 Å². The normalized spacial score (nSPS) is 18.4. The maximum absolute atomic E-state index is 12.8. The molecule has 1 aromatic carbocycles. The van der Waals surface area contributed by atoms with E-state index in [0.717, 1.165) is 18.6 Å². The van der Waals surface area contributed by atoms with Gasteiger partial charge in [-0.25, -0.2) is 0 Å². The van der Waals surface area contributed by atoms with Crippen molar-refractivity contribution in [3.63, 3.8) is 0 Å². The van der Waals surface area contributed by atoms with Crippen LogP contribution in [-0.2, 0) is 4.79 Å². The number of piperazine rings is 1. The van der Waals surface area contributed by atoms with Crippen LogP contribution in [-0.4, -0.2) is 54.4 Å². The smallest absolute Gasteiger partial charge is 0.254 e. The van der Waals surface area contributed by atoms with Crippen molar-refractivity contribution in [3.8, 4) is 5.75 Å². The third kappa shape index (κ3) is 4.57. The minimum absolute atomic E-state index is 0.0213. The number of benzene rings is 1. The average Bonchev–Trinajstić information content (AvgIpc) is 3.20. The summed E-state index contributed by atoms with van der Waals surface area (Å²) in [6.45, 7) is 7.33. The molecule has 0 unspecified atom stereocenters. The van der Waals surface area contributed by atoms with Crippen molar-refractivity contribution in [1.29, 1.82) is 0 Å². The first kappa shape index (κ1) is 18.7. The second-order valence-corrected chi connectivity index (χ2v) is 7.83. The second kappa shape index (κ2) is 8.56. The molecule has 2 fully saturated rings. The predicted molar refractivity (Wildman–Crippen MR) is 101 cm³/mol. The van der Waals surface area contributed by atoms with Crippen LogP contribution in [0.5, 0.6) is 5.75 Å². The highest BCUT2D eigenvalue weighted by atomic mass is 16.5. The molecule has 3 rings (SSSR count). The summed E-state index contributed by atoms with van der Waals surface area (Å²) in [5.41, 5.74) is 0.654. The fourth-order valence-corrected chi connectivity index (χ4v) is 3.73. The Balaban J connectivity index is 1.54. The topological polar surface area (TPSA) is 49.9 Å². The van der Waals surface area contributed by atoms with E-state index >= 15 is 0 Å². The molecule has 26 heavy (non-hydrogen) atoms. The van der Waals surface area contributed by atoms with Crippen molar-refractivity contribution >= 4 is 11.8 Å². The Bertz CT molecular complexity index is 630. The van der Waals surface area contributed by atoms with Gasteiger partial charge in [-0.2, -0.15) is 0 Å². The van der Waals surface area contributed by atoms with Gasteiger partial charge in [-0.15, -0.1) is 0 Å². The lowest BCUT2D eigenvalue weighted by molar-refractivity contribution is -0.136. The molecule has 1 saturated heterocycles. The van der Waals surface area contributed by atoms with Crippen LogP contribution < -0.4 is 4.74 Å². The summed E-state index contributed by atoms with van der Waals surface area (Å²) in [6, 6.07) is 7.40. The van der Waals surface area contributed by atoms with Gasteiger partial charge in [-0.3, -0.25) is 9.59 Å². The standard InChI is InChI=1S/C21H30N2O3/c1-16(2)15-26-19-9-5-8-18(14-19)21(25)23-12-10-22(11-13-23)20(24)17-6-3-4-7-17/h5,8-9,14,16-17H,3-4,6-7,10-13,15H2,1-2H3. The van der Waals surface area contributed by atoms with E-state index in [4.69, 9.17) is 4.74 Å². The van der Waals surface area contributed by atoms with Gasteiger partial charge in [-0.05, 0) is 37.0 Å². The average molecular weight is 358 g/mol. The number of ether oxygens (including phenoxy) is 1. The van der Waals surface area contributed by atoms with E-state index in [2.05, 4.69) is 13.8 Å². The number of carbonyl (C=O) groups excluding carboxylic acids is 2. The number of amides is 2. The predicted octanol–water partition coefficient (Wildman–Crippen LogP) is 3.20. The van der Waals surface area contributed by atoms with Gasteiger partial charge in [0.15, 0.2) is 0 Å². The third-order valence-corrected chi connectivity index (χ3v) is 5.25. The van der Waals surface area contributed by atoms with Crippen LogP contribution in [0, 0.1) is 11.8 Å². The number of carbonyl (C=O) groups is 2. The van der Waals surface area contributed by atoms with Crippen LogP contribution in [0.15, 0.2) is 24.3 Å². The van der Waals surface area contributed by atoms with E-state index in [0.29, 0.717) is 50.2 Å². The lowest BCUT2D eigenvalue weighted by atomic mass is 10.1. The van der Waals surface area contributed by atoms with Crippen molar-refractivity contribution < 1.29 is 14.3 Å². The fourth-order valence-electron chi connectivity index (χ4n) is 3.73. The van der Waals surface area contributed by atoms with Gasteiger partial charge in [-0.1, -0.05) is 32.8 Å². The van der Waals surface area contributed by atoms with Crippen LogP contribution in [0.2, 0.25) is 0 Å². The Morgan fingerprint density at radius 2 is 1.73 bits per heavy atom. The highest BCUT2D eigenvalue weighted by molar-refractivity contribution is 5.94. The largest absolute Gasteiger partial charge is 0.493 e. The summed E-state index contributed by atoms with van der Waals surface area (Å²) < 4.78 is 5.73. The summed E-state index contributed by atoms with van der Waals surface area (Å²) >= 11 is 0. The molecular formula is C21H30N2O3. The van der Waals surface area contributed by atoms with Crippen LogP contribution in [0.1, 0.15) is 49.9 Å². The molecule has 0 atom stereocenters. The van der Waals surface area contributed by atoms with E-state index in [1.165, 1.54) is 12.8 Å². The molecule has 2 aliphatic rings. The van der Waals surface area contributed by atoms with Crippen molar-refractivity contribution in [2.45, 2.75) is 39.5 Å². The lowest BCUT2D eigenvalue weighted by Gasteiger charge is -2.36. The van der Waals surface area contributed by atoms with E-state index < -0.39 is 0 Å². The summed E-state index contributed by atoms with van der Waals surface area (Å²) in [4.78, 5) is 29.1. The number of nitrogens with zero attached hydrogens (tertiary/aromatic N) is 2. The van der Waals surface area contributed by atoms with E-state index in [1.807, 2.05) is 34.1 Å². The molecule has 0 bridgehead atoms. The summed E-state index contributed by atoms with van der Waals surface area (Å²) in [6.07, 6.45) is 4.40. The summed E-state index contributed by atoms with van der Waals surface area (Å²) in [5, 5.41) is 0. The molecule has 5 heteroatoms. The minimum Gasteiger partial charge on any atom is -0.493 e. The Labute approximate surface area is 156 Å². The van der Waals surface area contributed by atoms with Gasteiger partial charge in [0, 0.05) is 37.7 Å². The van der Waals surface area contributed by atoms with Crippen LogP contribution in [0.3, 0.4) is 0 Å². The maximum Gasteiger partial charge on any atom is 0.254 e. The Morgan fingerprint density at radius 1 is 1.08 bits per heavy atom. The summed E-state index contributed by atoms with van der Waals surface area (Å²) in [5.74, 6) is 1.71. The molecule has 1 aliphatic heterocycles. The van der Waals surface area contributed by atoms with Crippen molar-refractivity contribution in [2.24, 2.45) is 11.8 Å². The Morgan fingerprint density at radius 3 is 2.38 bits per heavy atom. The molecular weight excluding hydrogens is 328 g/mol. The van der Waals surface area contributed by atoms with Crippen molar-refractivity contribution in [2.75, 3.05) is 32.8 Å². The SMILES string of the molecule is CC(C)COc1cccc(C(=O)N2CCN(C(=O)C3CCCC3)CC2)c1. The van der Waals surface area contributed by atoms with Gasteiger partial charge >= 0.3 is 0 Å². The molecule has 1 heterocycles. The lowest BCUT2D eigenvalue weighted by Crippen LogP contribution is -2.51. The fraction of sp³-hybridized carbons (Fsp3) is 0.619. The Hall–Kier alpha value is -2.04. The first-order valence-corrected chi connectivity index (χ1v) is 9.85. The summed E-state index contributed by atoms with van der Waals surface area (Å²) in [7, 11) is 0. The molecule has 2 amide bonds. The van der Waals surface area contributed by atoms with E-state index in [-0.39, 0.29) is 11.8 Å². The van der Waals surface area contributed by atoms with Crippen molar-refractivity contribution in [1.82, 2.24) is 9.80 Å². The van der Waals surface area contributed by atoms with Crippen LogP contribution in [0.4, 0.5) is 0 Å². The molecule has 5 nitrogen and oxygen atoms in total. The molecule has 1 aromatic rings. The highest BCUT2D eigenvalue weighted by Gasteiger charge is 2.30. The van der Waals surface area contributed by atoms with Gasteiger partial charge < -0.3 is 14.5 Å². The van der Waals surface area contributed by atoms with Crippen molar-refractivity contribution in [3.05, 3.63) is 29.8 Å². The van der Waals surface area contributed by atoms with Gasteiger partial charge in [0.1, 0.15) is 5.75 Å². The number of hydrogen-bond donors (Lipinski definition) is 0. The number of hydrogen-bond acceptors (Lipinski definition) is 3. The maximum atomic E-state index is 12.8. The zero-order valence-corrected chi connectivity index (χ0v) is 15.9. The molecule has 0 aromatic heterocycles. The molecule has 0 N–H and O–H groups in total. The van der Waals surface area contributed by atoms with Crippen LogP contribution >= 0.6 is 0 Å². The zero-order valence-electron chi connectivity index (χ0n) is 15.9. The highest BCUT2D eigenvalue weighted by Crippen LogP contribution is 2.27. The Kier molecular flexibility index (Phi) is 6.17. The monoisotopic (exact) mass is 358 g/mol. The van der Waals surface area contributed by atoms with Crippen LogP contribution in [0.25, 0.3) is 0 Å². The molecule has 0 radical (unpaired) electrons. The quantitative estimate of drug-likeness (QED) is 0.812. The molecule has 1 aliphatic carbocycles. The second-order valence-electron chi connectivity index (χ2n) is 7.83. The molecule has 142 valence electrons. The third-order valence-electron chi connectivity index (χ3n) is 5.25. The zero-order chi connectivity index (χ0) is 18.5. The molecule has 1 saturated carbocycles. The van der Waals surface area contributed by atoms with E-state index in [9.17, 15) is 9.59 Å². The first-order chi connectivity index (χ1) is 12.5. The number of rotatable bonds is 5.